The third kappa shape index (κ3) is 4.77. The fourth-order valence-corrected chi connectivity index (χ4v) is 2.13. The number of nitrogens with zero attached hydrogens (tertiary/aromatic N) is 1. The normalized spacial score (nSPS) is 15.2. The van der Waals surface area contributed by atoms with E-state index in [2.05, 4.69) is 20.4 Å². The van der Waals surface area contributed by atoms with Crippen LogP contribution in [-0.2, 0) is 20.4 Å². The van der Waals surface area contributed by atoms with Gasteiger partial charge in [0, 0.05) is 12.1 Å². The Balaban J connectivity index is 0.000000181. The van der Waals surface area contributed by atoms with Crippen molar-refractivity contribution >= 4 is 5.69 Å². The second kappa shape index (κ2) is 6.66. The molecule has 2 rings (SSSR count). The molecular weight excluding hydrogens is 242 g/mol. The second-order valence-electron chi connectivity index (χ2n) is 3.73. The van der Waals surface area contributed by atoms with Gasteiger partial charge in [0.05, 0.1) is 4.92 Å². The molecule has 0 aliphatic heterocycles. The third-order valence-electron chi connectivity index (χ3n) is 2.40. The summed E-state index contributed by atoms with van der Waals surface area (Å²) in [5, 5.41) is 20.4. The van der Waals surface area contributed by atoms with Crippen LogP contribution in [0.25, 0.3) is 0 Å². The average Bonchev–Trinajstić information content (AvgIpc) is 2.71. The molecule has 4 nitrogen and oxygen atoms in total. The summed E-state index contributed by atoms with van der Waals surface area (Å²) in [4.78, 5) is 9.47. The second-order valence-corrected chi connectivity index (χ2v) is 5.01. The molecule has 0 N–H and O–H groups in total. The van der Waals surface area contributed by atoms with Crippen molar-refractivity contribution in [2.45, 2.75) is 29.9 Å². The minimum absolute atomic E-state index is 0.0559. The number of hydrogen-bond donors (Lipinski definition) is 0. The van der Waals surface area contributed by atoms with Crippen LogP contribution in [0.3, 0.4) is 0 Å². The number of hydrogen-bond acceptors (Lipinski definition) is 3. The summed E-state index contributed by atoms with van der Waals surface area (Å²) in [5.41, 5.74) is -0.0559. The molecule has 1 saturated carbocycles. The van der Waals surface area contributed by atoms with Crippen LogP contribution in [0.15, 0.2) is 24.3 Å². The molecule has 1 fully saturated rings. The summed E-state index contributed by atoms with van der Waals surface area (Å²) in [6, 6.07) is 4.70. The van der Waals surface area contributed by atoms with E-state index in [1.807, 2.05) is 0 Å². The van der Waals surface area contributed by atoms with Crippen molar-refractivity contribution in [3.63, 3.8) is 0 Å². The quantitative estimate of drug-likeness (QED) is 0.440. The average molecular weight is 255 g/mol. The van der Waals surface area contributed by atoms with E-state index < -0.39 is 4.92 Å². The van der Waals surface area contributed by atoms with Crippen molar-refractivity contribution in [1.82, 2.24) is 0 Å². The molecule has 0 bridgehead atoms. The van der Waals surface area contributed by atoms with Crippen LogP contribution in [0.2, 0.25) is 4.22 Å². The van der Waals surface area contributed by atoms with E-state index in [9.17, 15) is 15.2 Å². The molecule has 0 spiro atoms. The van der Waals surface area contributed by atoms with Crippen molar-refractivity contribution < 1.29 is 30.5 Å². The SMILES string of the molecule is O=[N+]([O-])c1ccc([O-])cc1.[Ti][CH]1CCCC1. The van der Waals surface area contributed by atoms with Crippen LogP contribution in [0.5, 0.6) is 5.75 Å². The maximum absolute atomic E-state index is 10.4. The topological polar surface area (TPSA) is 66.2 Å². The van der Waals surface area contributed by atoms with E-state index in [0.717, 1.165) is 16.4 Å². The van der Waals surface area contributed by atoms with Gasteiger partial charge in [0.1, 0.15) is 0 Å². The van der Waals surface area contributed by atoms with Gasteiger partial charge >= 0.3 is 50.3 Å². The first kappa shape index (κ1) is 13.2. The summed E-state index contributed by atoms with van der Waals surface area (Å²) in [5.74, 6) is -0.217. The molecule has 85 valence electrons. The zero-order chi connectivity index (χ0) is 12.0. The number of benzene rings is 1. The van der Waals surface area contributed by atoms with E-state index in [1.54, 1.807) is 0 Å². The van der Waals surface area contributed by atoms with Gasteiger partial charge in [0.2, 0.25) is 0 Å². The van der Waals surface area contributed by atoms with Crippen molar-refractivity contribution in [1.29, 1.82) is 0 Å². The van der Waals surface area contributed by atoms with Crippen molar-refractivity contribution in [3.8, 4) is 5.75 Å². The van der Waals surface area contributed by atoms with Gasteiger partial charge < -0.3 is 5.11 Å². The molecule has 0 heterocycles. The first-order valence-corrected chi connectivity index (χ1v) is 6.12. The molecule has 1 aromatic carbocycles. The van der Waals surface area contributed by atoms with Gasteiger partial charge in [-0.05, 0) is 0 Å². The molecule has 1 aromatic rings. The number of nitro benzene ring substituents is 1. The van der Waals surface area contributed by atoms with Crippen LogP contribution in [-0.4, -0.2) is 4.92 Å². The summed E-state index contributed by atoms with van der Waals surface area (Å²) in [7, 11) is 0. The zero-order valence-corrected chi connectivity index (χ0v) is 10.4. The molecule has 0 radical (unpaired) electrons. The van der Waals surface area contributed by atoms with Gasteiger partial charge in [-0.1, -0.05) is 12.1 Å². The molecule has 1 aliphatic carbocycles. The molecule has 0 atom stereocenters. The maximum atomic E-state index is 10.4. The van der Waals surface area contributed by atoms with Crippen LogP contribution in [0.1, 0.15) is 25.7 Å². The van der Waals surface area contributed by atoms with Crippen molar-refractivity contribution in [3.05, 3.63) is 34.4 Å². The van der Waals surface area contributed by atoms with E-state index in [0.29, 0.717) is 0 Å². The Hall–Kier alpha value is -0.866. The fourth-order valence-electron chi connectivity index (χ4n) is 1.49. The van der Waals surface area contributed by atoms with E-state index >= 15 is 0 Å². The number of non-ortho nitro benzene ring substituents is 1. The van der Waals surface area contributed by atoms with Crippen LogP contribution in [0, 0.1) is 10.1 Å². The Kier molecular flexibility index (Phi) is 5.49. The molecule has 0 amide bonds. The van der Waals surface area contributed by atoms with Gasteiger partial charge in [-0.15, -0.1) is 5.75 Å². The van der Waals surface area contributed by atoms with Gasteiger partial charge in [0.15, 0.2) is 0 Å². The van der Waals surface area contributed by atoms with Crippen LogP contribution in [0.4, 0.5) is 5.69 Å². The standard InChI is InChI=1S/C6H5NO3.C5H9.Ti/c8-6-3-1-5(2-4-6)7(9)10;1-2-4-5-3-1;/h1-4,8H;1H,2-5H2;/p-1. The van der Waals surface area contributed by atoms with Gasteiger partial charge in [0.25, 0.3) is 5.69 Å². The first-order valence-electron chi connectivity index (χ1n) is 5.22. The van der Waals surface area contributed by atoms with Gasteiger partial charge in [-0.3, -0.25) is 10.1 Å². The summed E-state index contributed by atoms with van der Waals surface area (Å²) >= 11 is 2.34. The minimum atomic E-state index is -0.542. The van der Waals surface area contributed by atoms with E-state index in [4.69, 9.17) is 0 Å². The van der Waals surface area contributed by atoms with E-state index in [1.165, 1.54) is 37.8 Å². The molecule has 0 saturated heterocycles. The Morgan fingerprint density at radius 2 is 1.69 bits per heavy atom. The Bertz CT molecular complexity index is 334. The van der Waals surface area contributed by atoms with Crippen molar-refractivity contribution in [2.24, 2.45) is 0 Å². The molecule has 1 aliphatic rings. The zero-order valence-electron chi connectivity index (χ0n) is 8.89. The molecule has 0 aromatic heterocycles. The molecular formula is C11H13NO3Ti-. The molecule has 0 unspecified atom stereocenters. The summed E-state index contributed by atoms with van der Waals surface area (Å²) in [6.07, 6.45) is 5.95. The Morgan fingerprint density at radius 3 is 2.00 bits per heavy atom. The van der Waals surface area contributed by atoms with Crippen LogP contribution < -0.4 is 5.11 Å². The summed E-state index contributed by atoms with van der Waals surface area (Å²) in [6.45, 7) is 0. The molecule has 16 heavy (non-hydrogen) atoms. The number of rotatable bonds is 1. The number of nitro groups is 1. The van der Waals surface area contributed by atoms with E-state index in [-0.39, 0.29) is 11.4 Å². The molecule has 5 heteroatoms. The monoisotopic (exact) mass is 255 g/mol. The fraction of sp³-hybridized carbons (Fsp3) is 0.455. The van der Waals surface area contributed by atoms with Gasteiger partial charge in [-0.2, -0.15) is 0 Å². The third-order valence-corrected chi connectivity index (χ3v) is 3.30. The Labute approximate surface area is 106 Å². The first-order chi connectivity index (χ1) is 7.59. The Morgan fingerprint density at radius 1 is 1.19 bits per heavy atom. The predicted molar refractivity (Wildman–Crippen MR) is 54.8 cm³/mol. The van der Waals surface area contributed by atoms with Gasteiger partial charge in [-0.25, -0.2) is 0 Å². The van der Waals surface area contributed by atoms with Crippen LogP contribution >= 0.6 is 0 Å². The predicted octanol–water partition coefficient (Wildman–Crippen LogP) is 2.56. The summed E-state index contributed by atoms with van der Waals surface area (Å²) < 4.78 is 1.05. The van der Waals surface area contributed by atoms with Crippen molar-refractivity contribution in [2.75, 3.05) is 0 Å².